The summed E-state index contributed by atoms with van der Waals surface area (Å²) in [6, 6.07) is 0. The van der Waals surface area contributed by atoms with Crippen LogP contribution < -0.4 is 0 Å². The fourth-order valence-corrected chi connectivity index (χ4v) is 2.36. The predicted octanol–water partition coefficient (Wildman–Crippen LogP) is 5.03. The van der Waals surface area contributed by atoms with E-state index in [4.69, 9.17) is 5.11 Å². The summed E-state index contributed by atoms with van der Waals surface area (Å²) in [5, 5.41) is 8.78. The van der Waals surface area contributed by atoms with Crippen LogP contribution in [0.15, 0.2) is 36.5 Å². The molecular weight excluding hydrogens is 298 g/mol. The Kier molecular flexibility index (Phi) is 17.0. The molecule has 0 aliphatic heterocycles. The van der Waals surface area contributed by atoms with Gasteiger partial charge in [0.1, 0.15) is 0 Å². The maximum Gasteiger partial charge on any atom is 0.222 e. The fraction of sp³-hybridized carbons (Fsp3) is 0.667. The van der Waals surface area contributed by atoms with E-state index in [0.29, 0.717) is 13.0 Å². The first-order chi connectivity index (χ1) is 11.7. The second-order valence-electron chi connectivity index (χ2n) is 6.14. The van der Waals surface area contributed by atoms with Crippen molar-refractivity contribution in [2.24, 2.45) is 0 Å². The molecule has 24 heavy (non-hydrogen) atoms. The van der Waals surface area contributed by atoms with E-state index in [1.807, 2.05) is 0 Å². The molecule has 0 saturated carbocycles. The Bertz CT molecular complexity index is 372. The number of hydrogen-bond donors (Lipinski definition) is 1. The van der Waals surface area contributed by atoms with Gasteiger partial charge >= 0.3 is 0 Å². The molecule has 0 aromatic rings. The second-order valence-corrected chi connectivity index (χ2v) is 6.14. The van der Waals surface area contributed by atoms with Crippen LogP contribution in [0.4, 0.5) is 0 Å². The van der Waals surface area contributed by atoms with Gasteiger partial charge in [0.05, 0.1) is 6.61 Å². The Hall–Kier alpha value is -1.35. The summed E-state index contributed by atoms with van der Waals surface area (Å²) < 4.78 is 0. The van der Waals surface area contributed by atoms with Gasteiger partial charge in [-0.1, -0.05) is 62.6 Å². The lowest BCUT2D eigenvalue weighted by molar-refractivity contribution is -0.130. The van der Waals surface area contributed by atoms with Gasteiger partial charge in [-0.05, 0) is 38.5 Å². The van der Waals surface area contributed by atoms with Gasteiger partial charge in [0.2, 0.25) is 5.91 Å². The second kappa shape index (κ2) is 18.0. The average molecular weight is 336 g/mol. The van der Waals surface area contributed by atoms with Gasteiger partial charge in [-0.25, -0.2) is 0 Å². The van der Waals surface area contributed by atoms with E-state index >= 15 is 0 Å². The van der Waals surface area contributed by atoms with Gasteiger partial charge in [0, 0.05) is 20.0 Å². The lowest BCUT2D eigenvalue weighted by atomic mass is 10.1. The Morgan fingerprint density at radius 2 is 1.46 bits per heavy atom. The van der Waals surface area contributed by atoms with Crippen molar-refractivity contribution in [3.8, 4) is 0 Å². The Labute approximate surface area is 149 Å². The van der Waals surface area contributed by atoms with Gasteiger partial charge in [-0.15, -0.1) is 0 Å². The standard InChI is InChI=1S/C21H37NO2/c1-3-4-5-6-7-8-9-10-11-12-13-14-15-16-17-18-21(24)22(2)19-20-23/h4-5,7-8,10-11,23H,3,6,9,12-20H2,1-2H3. The largest absolute Gasteiger partial charge is 0.395 e. The molecule has 3 nitrogen and oxygen atoms in total. The summed E-state index contributed by atoms with van der Waals surface area (Å²) in [4.78, 5) is 13.3. The first kappa shape index (κ1) is 22.6. The van der Waals surface area contributed by atoms with Crippen LogP contribution in [0.1, 0.15) is 71.1 Å². The van der Waals surface area contributed by atoms with Crippen molar-refractivity contribution in [1.82, 2.24) is 4.90 Å². The topological polar surface area (TPSA) is 40.5 Å². The number of unbranched alkanes of at least 4 members (excludes halogenated alkanes) is 5. The summed E-state index contributed by atoms with van der Waals surface area (Å²) in [5.41, 5.74) is 0. The quantitative estimate of drug-likeness (QED) is 0.337. The monoisotopic (exact) mass is 335 g/mol. The van der Waals surface area contributed by atoms with E-state index in [9.17, 15) is 4.79 Å². The van der Waals surface area contributed by atoms with E-state index in [1.54, 1.807) is 11.9 Å². The van der Waals surface area contributed by atoms with Crippen molar-refractivity contribution in [2.45, 2.75) is 71.1 Å². The summed E-state index contributed by atoms with van der Waals surface area (Å²) in [6.07, 6.45) is 24.1. The van der Waals surface area contributed by atoms with Crippen LogP contribution in [0, 0.1) is 0 Å². The molecule has 0 aliphatic carbocycles. The summed E-state index contributed by atoms with van der Waals surface area (Å²) >= 11 is 0. The molecule has 0 fully saturated rings. The number of aliphatic hydroxyl groups is 1. The molecule has 1 N–H and O–H groups in total. The smallest absolute Gasteiger partial charge is 0.222 e. The van der Waals surface area contributed by atoms with Crippen molar-refractivity contribution in [3.05, 3.63) is 36.5 Å². The SMILES string of the molecule is CCC=CCC=CCC=CCCCCCCCC(=O)N(C)CCO. The number of amides is 1. The number of likely N-dealkylation sites (N-methyl/N-ethyl adjacent to an activating group) is 1. The van der Waals surface area contributed by atoms with Gasteiger partial charge in [-0.2, -0.15) is 0 Å². The lowest BCUT2D eigenvalue weighted by Gasteiger charge is -2.15. The third kappa shape index (κ3) is 15.5. The first-order valence-corrected chi connectivity index (χ1v) is 9.52. The minimum atomic E-state index is 0.0431. The van der Waals surface area contributed by atoms with Gasteiger partial charge < -0.3 is 10.0 Å². The van der Waals surface area contributed by atoms with E-state index in [-0.39, 0.29) is 12.5 Å². The third-order valence-corrected chi connectivity index (χ3v) is 3.90. The zero-order chi connectivity index (χ0) is 17.9. The highest BCUT2D eigenvalue weighted by Gasteiger charge is 2.06. The summed E-state index contributed by atoms with van der Waals surface area (Å²) in [6.45, 7) is 2.64. The Balaban J connectivity index is 3.37. The number of rotatable bonds is 15. The minimum Gasteiger partial charge on any atom is -0.395 e. The van der Waals surface area contributed by atoms with Gasteiger partial charge in [0.25, 0.3) is 0 Å². The van der Waals surface area contributed by atoms with Crippen molar-refractivity contribution in [1.29, 1.82) is 0 Å². The van der Waals surface area contributed by atoms with E-state index < -0.39 is 0 Å². The van der Waals surface area contributed by atoms with E-state index in [2.05, 4.69) is 43.4 Å². The van der Waals surface area contributed by atoms with Crippen LogP contribution in [0.2, 0.25) is 0 Å². The average Bonchev–Trinajstić information content (AvgIpc) is 2.58. The zero-order valence-corrected chi connectivity index (χ0v) is 15.8. The normalized spacial score (nSPS) is 12.0. The van der Waals surface area contributed by atoms with Gasteiger partial charge in [0.15, 0.2) is 0 Å². The number of allylic oxidation sites excluding steroid dienone is 6. The molecule has 0 spiro atoms. The van der Waals surface area contributed by atoms with Crippen molar-refractivity contribution in [2.75, 3.05) is 20.2 Å². The number of carbonyl (C=O) groups excluding carboxylic acids is 1. The fourth-order valence-electron chi connectivity index (χ4n) is 2.36. The van der Waals surface area contributed by atoms with E-state index in [1.165, 1.54) is 19.3 Å². The molecule has 0 bridgehead atoms. The van der Waals surface area contributed by atoms with Crippen LogP contribution in [-0.2, 0) is 4.79 Å². The minimum absolute atomic E-state index is 0.0431. The molecule has 0 aliphatic rings. The van der Waals surface area contributed by atoms with Crippen molar-refractivity contribution >= 4 is 5.91 Å². The van der Waals surface area contributed by atoms with Crippen LogP contribution in [0.3, 0.4) is 0 Å². The number of nitrogens with zero attached hydrogens (tertiary/aromatic N) is 1. The maximum absolute atomic E-state index is 11.7. The first-order valence-electron chi connectivity index (χ1n) is 9.52. The zero-order valence-electron chi connectivity index (χ0n) is 15.8. The van der Waals surface area contributed by atoms with E-state index in [0.717, 1.165) is 38.5 Å². The number of aliphatic hydroxyl groups excluding tert-OH is 1. The molecule has 0 aromatic carbocycles. The molecule has 3 heteroatoms. The molecule has 1 amide bonds. The molecule has 138 valence electrons. The third-order valence-electron chi connectivity index (χ3n) is 3.90. The van der Waals surface area contributed by atoms with Crippen molar-refractivity contribution < 1.29 is 9.90 Å². The molecule has 0 rings (SSSR count). The highest BCUT2D eigenvalue weighted by atomic mass is 16.3. The maximum atomic E-state index is 11.7. The van der Waals surface area contributed by atoms with Crippen LogP contribution in [0.5, 0.6) is 0 Å². The van der Waals surface area contributed by atoms with Crippen LogP contribution >= 0.6 is 0 Å². The molecule has 0 heterocycles. The molecule has 0 aromatic heterocycles. The molecule has 0 atom stereocenters. The summed E-state index contributed by atoms with van der Waals surface area (Å²) in [5.74, 6) is 0.144. The van der Waals surface area contributed by atoms with Gasteiger partial charge in [-0.3, -0.25) is 4.79 Å². The highest BCUT2D eigenvalue weighted by Crippen LogP contribution is 2.08. The summed E-state index contributed by atoms with van der Waals surface area (Å²) in [7, 11) is 1.75. The van der Waals surface area contributed by atoms with Crippen molar-refractivity contribution in [3.63, 3.8) is 0 Å². The number of hydrogen-bond acceptors (Lipinski definition) is 2. The van der Waals surface area contributed by atoms with Crippen LogP contribution in [-0.4, -0.2) is 36.1 Å². The Morgan fingerprint density at radius 1 is 0.875 bits per heavy atom. The van der Waals surface area contributed by atoms with Crippen LogP contribution in [0.25, 0.3) is 0 Å². The predicted molar refractivity (Wildman–Crippen MR) is 104 cm³/mol. The molecule has 0 unspecified atom stereocenters. The molecule has 0 saturated heterocycles. The highest BCUT2D eigenvalue weighted by molar-refractivity contribution is 5.75. The molecule has 0 radical (unpaired) electrons. The Morgan fingerprint density at radius 3 is 2.12 bits per heavy atom. The number of carbonyl (C=O) groups is 1. The lowest BCUT2D eigenvalue weighted by Crippen LogP contribution is -2.29. The molecular formula is C21H37NO2.